The average Bonchev–Trinajstić information content (AvgIpc) is 2.48. The Labute approximate surface area is 137 Å². The van der Waals surface area contributed by atoms with Gasteiger partial charge in [-0.25, -0.2) is 0 Å². The molecule has 0 aliphatic heterocycles. The van der Waals surface area contributed by atoms with E-state index in [1.807, 2.05) is 60.7 Å². The van der Waals surface area contributed by atoms with E-state index in [4.69, 9.17) is 8.85 Å². The lowest BCUT2D eigenvalue weighted by molar-refractivity contribution is 0.541. The summed E-state index contributed by atoms with van der Waals surface area (Å²) in [5.41, 5.74) is 0. The second kappa shape index (κ2) is 8.20. The topological polar surface area (TPSA) is 18.5 Å². The van der Waals surface area contributed by atoms with Crippen molar-refractivity contribution in [2.24, 2.45) is 0 Å². The van der Waals surface area contributed by atoms with Crippen LogP contribution in [0, 0.1) is 0 Å². The summed E-state index contributed by atoms with van der Waals surface area (Å²) in [5, 5.41) is 0. The van der Waals surface area contributed by atoms with Crippen molar-refractivity contribution in [2.75, 3.05) is 0 Å². The monoisotopic (exact) mass is 330 g/mol. The Morgan fingerprint density at radius 1 is 0.864 bits per heavy atom. The van der Waals surface area contributed by atoms with Gasteiger partial charge in [-0.1, -0.05) is 42.8 Å². The highest BCUT2D eigenvalue weighted by Gasteiger charge is 2.24. The highest BCUT2D eigenvalue weighted by atomic mass is 28.4. The third-order valence-corrected chi connectivity index (χ3v) is 7.85. The summed E-state index contributed by atoms with van der Waals surface area (Å²) in [4.78, 5) is 0. The minimum absolute atomic E-state index is 1.00. The van der Waals surface area contributed by atoms with Crippen LogP contribution in [0.2, 0.25) is 31.7 Å². The average molecular weight is 331 g/mol. The molecule has 0 aromatic heterocycles. The van der Waals surface area contributed by atoms with Gasteiger partial charge in [-0.15, -0.1) is 0 Å². The van der Waals surface area contributed by atoms with Gasteiger partial charge >= 0.3 is 0 Å². The summed E-state index contributed by atoms with van der Waals surface area (Å²) >= 11 is 0. The van der Waals surface area contributed by atoms with E-state index in [1.54, 1.807) is 0 Å². The van der Waals surface area contributed by atoms with Crippen molar-refractivity contribution in [1.29, 1.82) is 0 Å². The van der Waals surface area contributed by atoms with Crippen molar-refractivity contribution >= 4 is 17.4 Å². The number of hydrogen-bond acceptors (Lipinski definition) is 2. The minimum Gasteiger partial charge on any atom is -0.547 e. The van der Waals surface area contributed by atoms with Gasteiger partial charge in [0, 0.05) is 0 Å². The molecule has 4 heteroatoms. The van der Waals surface area contributed by atoms with Crippen LogP contribution in [0.15, 0.2) is 60.7 Å². The lowest BCUT2D eigenvalue weighted by Crippen LogP contribution is -2.34. The first-order valence-corrected chi connectivity index (χ1v) is 13.6. The van der Waals surface area contributed by atoms with Crippen LogP contribution in [0.5, 0.6) is 11.5 Å². The first-order chi connectivity index (χ1) is 10.6. The second-order valence-corrected chi connectivity index (χ2v) is 13.0. The molecule has 2 aromatic rings. The summed E-state index contributed by atoms with van der Waals surface area (Å²) in [5.74, 6) is 2.02. The molecular weight excluding hydrogens is 304 g/mol. The maximum absolute atomic E-state index is 6.22. The van der Waals surface area contributed by atoms with Gasteiger partial charge in [-0.2, -0.15) is 0 Å². The third kappa shape index (κ3) is 6.07. The van der Waals surface area contributed by atoms with Gasteiger partial charge in [-0.05, 0) is 56.0 Å². The van der Waals surface area contributed by atoms with Crippen molar-refractivity contribution in [3.8, 4) is 11.5 Å². The molecule has 0 amide bonds. The predicted molar refractivity (Wildman–Crippen MR) is 98.9 cm³/mol. The quantitative estimate of drug-likeness (QED) is 0.627. The first kappa shape index (κ1) is 16.8. The van der Waals surface area contributed by atoms with Crippen LogP contribution >= 0.6 is 0 Å². The molecule has 0 spiro atoms. The highest BCUT2D eigenvalue weighted by molar-refractivity contribution is 6.72. The Hall–Kier alpha value is -1.53. The summed E-state index contributed by atoms with van der Waals surface area (Å²) in [6.07, 6.45) is 1.20. The van der Waals surface area contributed by atoms with Gasteiger partial charge in [0.05, 0.1) is 0 Å². The molecule has 2 aromatic carbocycles. The summed E-state index contributed by atoms with van der Waals surface area (Å²) in [7, 11) is -2.77. The fraction of sp³-hybridized carbons (Fsp3) is 0.333. The largest absolute Gasteiger partial charge is 0.547 e. The maximum atomic E-state index is 6.22. The van der Waals surface area contributed by atoms with Crippen molar-refractivity contribution < 1.29 is 8.85 Å². The maximum Gasteiger partial charge on any atom is 0.245 e. The zero-order valence-electron chi connectivity index (χ0n) is 13.8. The molecule has 118 valence electrons. The molecule has 0 aliphatic carbocycles. The molecule has 0 aliphatic rings. The van der Waals surface area contributed by atoms with Crippen LogP contribution in [0.1, 0.15) is 6.42 Å². The fourth-order valence-corrected chi connectivity index (χ4v) is 6.32. The Kier molecular flexibility index (Phi) is 6.27. The standard InChI is InChI=1S/C18H26O2Si2/c1-21(19-17-11-6-4-7-12-17)15-10-16-22(2,3)20-18-13-8-5-9-14-18/h4-9,11-14,21H,10,15-16H2,1-3H3. The zero-order valence-corrected chi connectivity index (χ0v) is 15.9. The van der Waals surface area contributed by atoms with E-state index in [1.165, 1.54) is 18.5 Å². The van der Waals surface area contributed by atoms with Crippen molar-refractivity contribution in [3.05, 3.63) is 60.7 Å². The molecule has 0 heterocycles. The van der Waals surface area contributed by atoms with Crippen LogP contribution in [0.3, 0.4) is 0 Å². The Morgan fingerprint density at radius 2 is 1.41 bits per heavy atom. The lowest BCUT2D eigenvalue weighted by Gasteiger charge is -2.24. The number of rotatable bonds is 8. The predicted octanol–water partition coefficient (Wildman–Crippen LogP) is 5.09. The molecule has 1 atom stereocenters. The summed E-state index contributed by atoms with van der Waals surface area (Å²) in [6.45, 7) is 6.87. The molecule has 0 fully saturated rings. The van der Waals surface area contributed by atoms with Crippen molar-refractivity contribution in [1.82, 2.24) is 0 Å². The Balaban J connectivity index is 1.72. The molecule has 1 unspecified atom stereocenters. The summed E-state index contributed by atoms with van der Waals surface area (Å²) in [6, 6.07) is 22.7. The third-order valence-electron chi connectivity index (χ3n) is 3.61. The van der Waals surface area contributed by atoms with Gasteiger partial charge < -0.3 is 8.85 Å². The fourth-order valence-electron chi connectivity index (χ4n) is 2.46. The van der Waals surface area contributed by atoms with Crippen LogP contribution in [-0.2, 0) is 0 Å². The van der Waals surface area contributed by atoms with Crippen LogP contribution < -0.4 is 8.85 Å². The zero-order chi connectivity index (χ0) is 15.8. The van der Waals surface area contributed by atoms with Crippen molar-refractivity contribution in [3.63, 3.8) is 0 Å². The first-order valence-electron chi connectivity index (χ1n) is 8.01. The van der Waals surface area contributed by atoms with E-state index in [-0.39, 0.29) is 0 Å². The minimum atomic E-state index is -1.64. The van der Waals surface area contributed by atoms with Gasteiger partial charge in [-0.3, -0.25) is 0 Å². The van der Waals surface area contributed by atoms with Gasteiger partial charge in [0.15, 0.2) is 0 Å². The van der Waals surface area contributed by atoms with Gasteiger partial charge in [0.2, 0.25) is 17.4 Å². The second-order valence-electron chi connectivity index (χ2n) is 6.31. The molecule has 2 nitrogen and oxygen atoms in total. The van der Waals surface area contributed by atoms with E-state index < -0.39 is 17.4 Å². The SMILES string of the molecule is C[SiH](CCC[Si](C)(C)Oc1ccccc1)Oc1ccccc1. The highest BCUT2D eigenvalue weighted by Crippen LogP contribution is 2.21. The van der Waals surface area contributed by atoms with Crippen molar-refractivity contribution in [2.45, 2.75) is 38.2 Å². The number of benzene rings is 2. The van der Waals surface area contributed by atoms with Gasteiger partial charge in [0.25, 0.3) is 0 Å². The Morgan fingerprint density at radius 3 is 2.00 bits per heavy atom. The van der Waals surface area contributed by atoms with E-state index >= 15 is 0 Å². The molecule has 22 heavy (non-hydrogen) atoms. The molecule has 0 radical (unpaired) electrons. The Bertz CT molecular complexity index is 544. The lowest BCUT2D eigenvalue weighted by atomic mass is 10.3. The van der Waals surface area contributed by atoms with Crippen LogP contribution in [-0.4, -0.2) is 17.4 Å². The van der Waals surface area contributed by atoms with Gasteiger partial charge in [0.1, 0.15) is 11.5 Å². The molecule has 0 bridgehead atoms. The molecule has 2 rings (SSSR count). The molecule has 0 N–H and O–H groups in total. The molecule has 0 saturated carbocycles. The smallest absolute Gasteiger partial charge is 0.245 e. The summed E-state index contributed by atoms with van der Waals surface area (Å²) < 4.78 is 12.3. The molecular formula is C18H26O2Si2. The van der Waals surface area contributed by atoms with E-state index in [9.17, 15) is 0 Å². The van der Waals surface area contributed by atoms with E-state index in [0.29, 0.717) is 0 Å². The molecule has 0 saturated heterocycles. The number of hydrogen-bond donors (Lipinski definition) is 0. The van der Waals surface area contributed by atoms with Crippen LogP contribution in [0.25, 0.3) is 0 Å². The number of para-hydroxylation sites is 2. The van der Waals surface area contributed by atoms with E-state index in [2.05, 4.69) is 19.6 Å². The normalized spacial score (nSPS) is 12.7. The van der Waals surface area contributed by atoms with E-state index in [0.717, 1.165) is 11.5 Å². The van der Waals surface area contributed by atoms with Crippen LogP contribution in [0.4, 0.5) is 0 Å².